The van der Waals surface area contributed by atoms with Crippen LogP contribution in [0.25, 0.3) is 22.4 Å². The molecule has 0 bridgehead atoms. The van der Waals surface area contributed by atoms with Gasteiger partial charge in [0.1, 0.15) is 11.6 Å². The van der Waals surface area contributed by atoms with Crippen LogP contribution in [-0.4, -0.2) is 11.6 Å². The number of nitrogens with zero attached hydrogens (tertiary/aromatic N) is 2. The standard InChI is InChI=1S/C20H14BrClN2O/c1-2-25-20-18(12-23)17(13-5-9-16(22)10-6-13)11-19(24-20)14-3-7-15(21)8-4-14/h3-11H,2H2,1H3. The number of nitriles is 1. The first kappa shape index (κ1) is 17.5. The van der Waals surface area contributed by atoms with E-state index in [1.54, 1.807) is 12.1 Å². The van der Waals surface area contributed by atoms with Gasteiger partial charge in [-0.2, -0.15) is 5.26 Å². The summed E-state index contributed by atoms with van der Waals surface area (Å²) in [7, 11) is 0. The van der Waals surface area contributed by atoms with Gasteiger partial charge >= 0.3 is 0 Å². The maximum atomic E-state index is 9.64. The van der Waals surface area contributed by atoms with Gasteiger partial charge in [-0.3, -0.25) is 0 Å². The van der Waals surface area contributed by atoms with Crippen molar-refractivity contribution in [2.24, 2.45) is 0 Å². The van der Waals surface area contributed by atoms with Crippen LogP contribution < -0.4 is 4.74 Å². The predicted octanol–water partition coefficient (Wildman–Crippen LogP) is 6.10. The zero-order valence-electron chi connectivity index (χ0n) is 13.5. The Labute approximate surface area is 160 Å². The Morgan fingerprint density at radius 3 is 2.32 bits per heavy atom. The van der Waals surface area contributed by atoms with Crippen LogP contribution >= 0.6 is 27.5 Å². The fraction of sp³-hybridized carbons (Fsp3) is 0.100. The van der Waals surface area contributed by atoms with Crippen molar-refractivity contribution in [1.82, 2.24) is 4.98 Å². The Hall–Kier alpha value is -2.35. The summed E-state index contributed by atoms with van der Waals surface area (Å²) in [5.41, 5.74) is 3.78. The van der Waals surface area contributed by atoms with Crippen LogP contribution in [0.2, 0.25) is 5.02 Å². The van der Waals surface area contributed by atoms with E-state index in [1.807, 2.05) is 49.4 Å². The molecule has 3 nitrogen and oxygen atoms in total. The molecule has 2 aromatic carbocycles. The largest absolute Gasteiger partial charge is 0.477 e. The second-order valence-electron chi connectivity index (χ2n) is 5.29. The van der Waals surface area contributed by atoms with Gasteiger partial charge in [-0.05, 0) is 42.8 Å². The van der Waals surface area contributed by atoms with Crippen LogP contribution in [0.5, 0.6) is 5.88 Å². The zero-order valence-corrected chi connectivity index (χ0v) is 15.8. The molecule has 0 aliphatic rings. The van der Waals surface area contributed by atoms with Crippen LogP contribution in [-0.2, 0) is 0 Å². The van der Waals surface area contributed by atoms with Crippen molar-refractivity contribution in [3.63, 3.8) is 0 Å². The van der Waals surface area contributed by atoms with Gasteiger partial charge in [-0.1, -0.05) is 51.8 Å². The van der Waals surface area contributed by atoms with E-state index >= 15 is 0 Å². The molecule has 0 atom stereocenters. The number of hydrogen-bond acceptors (Lipinski definition) is 3. The molecule has 1 aromatic heterocycles. The third-order valence-corrected chi connectivity index (χ3v) is 4.45. The Bertz CT molecular complexity index is 932. The summed E-state index contributed by atoms with van der Waals surface area (Å²) in [6, 6.07) is 19.4. The molecule has 0 aliphatic heterocycles. The SMILES string of the molecule is CCOc1nc(-c2ccc(Br)cc2)cc(-c2ccc(Cl)cc2)c1C#N. The molecule has 124 valence electrons. The number of ether oxygens (including phenoxy) is 1. The molecule has 0 saturated heterocycles. The van der Waals surface area contributed by atoms with Crippen molar-refractivity contribution in [1.29, 1.82) is 5.26 Å². The van der Waals surface area contributed by atoms with Crippen molar-refractivity contribution in [2.75, 3.05) is 6.61 Å². The van der Waals surface area contributed by atoms with Crippen molar-refractivity contribution >= 4 is 27.5 Å². The van der Waals surface area contributed by atoms with Crippen molar-refractivity contribution < 1.29 is 4.74 Å². The highest BCUT2D eigenvalue weighted by Crippen LogP contribution is 2.34. The van der Waals surface area contributed by atoms with E-state index in [4.69, 9.17) is 16.3 Å². The molecule has 0 unspecified atom stereocenters. The van der Waals surface area contributed by atoms with E-state index in [1.165, 1.54) is 0 Å². The lowest BCUT2D eigenvalue weighted by Gasteiger charge is -2.13. The van der Waals surface area contributed by atoms with Gasteiger partial charge in [-0.25, -0.2) is 4.98 Å². The minimum atomic E-state index is 0.343. The van der Waals surface area contributed by atoms with Crippen molar-refractivity contribution in [2.45, 2.75) is 6.92 Å². The fourth-order valence-corrected chi connectivity index (χ4v) is 2.89. The molecule has 0 saturated carbocycles. The second-order valence-corrected chi connectivity index (χ2v) is 6.65. The second kappa shape index (κ2) is 7.69. The van der Waals surface area contributed by atoms with Crippen LogP contribution in [0.15, 0.2) is 59.1 Å². The molecule has 3 aromatic rings. The molecule has 0 amide bonds. The molecule has 25 heavy (non-hydrogen) atoms. The first-order valence-corrected chi connectivity index (χ1v) is 8.89. The van der Waals surface area contributed by atoms with Gasteiger partial charge in [0.2, 0.25) is 5.88 Å². The topological polar surface area (TPSA) is 45.9 Å². The highest BCUT2D eigenvalue weighted by Gasteiger charge is 2.16. The zero-order chi connectivity index (χ0) is 17.8. The number of benzene rings is 2. The summed E-state index contributed by atoms with van der Waals surface area (Å²) in [6.07, 6.45) is 0. The molecule has 0 radical (unpaired) electrons. The Morgan fingerprint density at radius 2 is 1.72 bits per heavy atom. The lowest BCUT2D eigenvalue weighted by Crippen LogP contribution is -2.01. The van der Waals surface area contributed by atoms with Gasteiger partial charge in [0.25, 0.3) is 0 Å². The smallest absolute Gasteiger partial charge is 0.232 e. The average Bonchev–Trinajstić information content (AvgIpc) is 2.62. The first-order valence-electron chi connectivity index (χ1n) is 7.72. The predicted molar refractivity (Wildman–Crippen MR) is 104 cm³/mol. The lowest BCUT2D eigenvalue weighted by atomic mass is 9.99. The Kier molecular flexibility index (Phi) is 5.37. The van der Waals surface area contributed by atoms with Gasteiger partial charge in [0.05, 0.1) is 12.3 Å². The summed E-state index contributed by atoms with van der Waals surface area (Å²) in [5.74, 6) is 0.343. The molecule has 0 fully saturated rings. The third-order valence-electron chi connectivity index (χ3n) is 3.67. The Morgan fingerprint density at radius 1 is 1.08 bits per heavy atom. The van der Waals surface area contributed by atoms with E-state index in [2.05, 4.69) is 27.0 Å². The third kappa shape index (κ3) is 3.84. The summed E-state index contributed by atoms with van der Waals surface area (Å²) in [4.78, 5) is 4.55. The molecule has 0 N–H and O–H groups in total. The van der Waals surface area contributed by atoms with Crippen LogP contribution in [0.3, 0.4) is 0 Å². The number of rotatable bonds is 4. The molecular formula is C20H14BrClN2O. The molecule has 5 heteroatoms. The molecular weight excluding hydrogens is 400 g/mol. The first-order chi connectivity index (χ1) is 12.1. The number of aromatic nitrogens is 1. The maximum Gasteiger partial charge on any atom is 0.232 e. The number of halogens is 2. The average molecular weight is 414 g/mol. The monoisotopic (exact) mass is 412 g/mol. The van der Waals surface area contributed by atoms with Gasteiger partial charge in [0, 0.05) is 20.6 Å². The molecule has 1 heterocycles. The number of pyridine rings is 1. The maximum absolute atomic E-state index is 9.64. The summed E-state index contributed by atoms with van der Waals surface area (Å²) in [6.45, 7) is 2.31. The van der Waals surface area contributed by atoms with Gasteiger partial charge in [-0.15, -0.1) is 0 Å². The molecule has 0 aliphatic carbocycles. The summed E-state index contributed by atoms with van der Waals surface area (Å²) in [5, 5.41) is 10.3. The quantitative estimate of drug-likeness (QED) is 0.519. The number of hydrogen-bond donors (Lipinski definition) is 0. The van der Waals surface area contributed by atoms with E-state index in [9.17, 15) is 5.26 Å². The molecule has 3 rings (SSSR count). The van der Waals surface area contributed by atoms with Crippen LogP contribution in [0, 0.1) is 11.3 Å². The van der Waals surface area contributed by atoms with E-state index in [-0.39, 0.29) is 0 Å². The van der Waals surface area contributed by atoms with E-state index in [0.29, 0.717) is 23.1 Å². The fourth-order valence-electron chi connectivity index (χ4n) is 2.50. The van der Waals surface area contributed by atoms with E-state index in [0.717, 1.165) is 26.9 Å². The van der Waals surface area contributed by atoms with Crippen molar-refractivity contribution in [3.8, 4) is 34.3 Å². The normalized spacial score (nSPS) is 10.3. The lowest BCUT2D eigenvalue weighted by molar-refractivity contribution is 0.326. The minimum Gasteiger partial charge on any atom is -0.477 e. The van der Waals surface area contributed by atoms with Crippen LogP contribution in [0.1, 0.15) is 12.5 Å². The minimum absolute atomic E-state index is 0.343. The Balaban J connectivity index is 2.22. The van der Waals surface area contributed by atoms with Crippen molar-refractivity contribution in [3.05, 3.63) is 69.7 Å². The van der Waals surface area contributed by atoms with E-state index < -0.39 is 0 Å². The summed E-state index contributed by atoms with van der Waals surface area (Å²) < 4.78 is 6.62. The highest BCUT2D eigenvalue weighted by molar-refractivity contribution is 9.10. The molecule has 0 spiro atoms. The van der Waals surface area contributed by atoms with Gasteiger partial charge < -0.3 is 4.74 Å². The van der Waals surface area contributed by atoms with Gasteiger partial charge in [0.15, 0.2) is 0 Å². The highest BCUT2D eigenvalue weighted by atomic mass is 79.9. The van der Waals surface area contributed by atoms with Crippen LogP contribution in [0.4, 0.5) is 0 Å². The summed E-state index contributed by atoms with van der Waals surface area (Å²) >= 11 is 9.43.